The third-order valence-corrected chi connectivity index (χ3v) is 3.20. The Hall–Kier alpha value is -1.51. The predicted molar refractivity (Wildman–Crippen MR) is 71.5 cm³/mol. The van der Waals surface area contributed by atoms with Gasteiger partial charge in [-0.25, -0.2) is 0 Å². The molecule has 1 saturated carbocycles. The zero-order chi connectivity index (χ0) is 12.4. The van der Waals surface area contributed by atoms with Crippen molar-refractivity contribution in [1.82, 2.24) is 0 Å². The van der Waals surface area contributed by atoms with Crippen molar-refractivity contribution in [2.24, 2.45) is 0 Å². The Morgan fingerprint density at radius 1 is 1.47 bits per heavy atom. The van der Waals surface area contributed by atoms with E-state index in [4.69, 9.17) is 5.73 Å². The summed E-state index contributed by atoms with van der Waals surface area (Å²) in [6.45, 7) is 4.79. The molecule has 0 unspecified atom stereocenters. The van der Waals surface area contributed by atoms with E-state index in [0.717, 1.165) is 18.7 Å². The molecule has 0 spiro atoms. The molecule has 17 heavy (non-hydrogen) atoms. The minimum Gasteiger partial charge on any atom is -0.398 e. The average molecular weight is 232 g/mol. The number of benzene rings is 1. The number of nitrogen functional groups attached to an aromatic ring is 1. The van der Waals surface area contributed by atoms with E-state index >= 15 is 0 Å². The Morgan fingerprint density at radius 2 is 2.18 bits per heavy atom. The van der Waals surface area contributed by atoms with E-state index < -0.39 is 0 Å². The fourth-order valence-corrected chi connectivity index (χ4v) is 2.18. The average Bonchev–Trinajstić information content (AvgIpc) is 3.10. The number of carbonyl (C=O) groups is 1. The van der Waals surface area contributed by atoms with Gasteiger partial charge in [-0.15, -0.1) is 0 Å². The molecule has 2 rings (SSSR count). The van der Waals surface area contributed by atoms with Crippen LogP contribution in [0.15, 0.2) is 18.2 Å². The number of carbonyl (C=O) groups excluding carboxylic acids is 1. The molecule has 1 aliphatic rings. The standard InChI is InChI=1S/C14H20N2O/c1-3-8-16(11-4-5-11)12-6-7-14(15)13(9-12)10(2)17/h6-7,9,11H,3-5,8,15H2,1-2H3. The van der Waals surface area contributed by atoms with E-state index in [9.17, 15) is 4.79 Å². The molecule has 3 nitrogen and oxygen atoms in total. The summed E-state index contributed by atoms with van der Waals surface area (Å²) in [5.41, 5.74) is 8.17. The van der Waals surface area contributed by atoms with Crippen molar-refractivity contribution in [3.05, 3.63) is 23.8 Å². The van der Waals surface area contributed by atoms with Crippen LogP contribution in [0.5, 0.6) is 0 Å². The minimum absolute atomic E-state index is 0.0385. The van der Waals surface area contributed by atoms with Gasteiger partial charge in [0.05, 0.1) is 0 Å². The molecular weight excluding hydrogens is 212 g/mol. The second-order valence-electron chi connectivity index (χ2n) is 4.75. The lowest BCUT2D eigenvalue weighted by Crippen LogP contribution is -2.26. The van der Waals surface area contributed by atoms with Crippen LogP contribution in [0.1, 0.15) is 43.5 Å². The summed E-state index contributed by atoms with van der Waals surface area (Å²) in [6.07, 6.45) is 3.65. The number of nitrogens with zero attached hydrogens (tertiary/aromatic N) is 1. The van der Waals surface area contributed by atoms with Crippen molar-refractivity contribution < 1.29 is 4.79 Å². The Labute approximate surface area is 103 Å². The molecule has 0 atom stereocenters. The maximum absolute atomic E-state index is 11.5. The van der Waals surface area contributed by atoms with E-state index in [1.54, 1.807) is 6.92 Å². The SMILES string of the molecule is CCCN(c1ccc(N)c(C(C)=O)c1)C1CC1. The van der Waals surface area contributed by atoms with Crippen LogP contribution in [0, 0.1) is 0 Å². The number of ketones is 1. The van der Waals surface area contributed by atoms with E-state index in [-0.39, 0.29) is 5.78 Å². The maximum atomic E-state index is 11.5. The molecule has 0 bridgehead atoms. The second-order valence-corrected chi connectivity index (χ2v) is 4.75. The summed E-state index contributed by atoms with van der Waals surface area (Å²) in [6, 6.07) is 6.47. The Kier molecular flexibility index (Phi) is 3.36. The fourth-order valence-electron chi connectivity index (χ4n) is 2.18. The predicted octanol–water partition coefficient (Wildman–Crippen LogP) is 2.85. The van der Waals surface area contributed by atoms with Crippen LogP contribution < -0.4 is 10.6 Å². The summed E-state index contributed by atoms with van der Waals surface area (Å²) in [4.78, 5) is 13.9. The molecule has 0 aromatic heterocycles. The summed E-state index contributed by atoms with van der Waals surface area (Å²) in [5, 5.41) is 0. The van der Waals surface area contributed by atoms with Crippen LogP contribution in [0.3, 0.4) is 0 Å². The van der Waals surface area contributed by atoms with Gasteiger partial charge in [0, 0.05) is 29.5 Å². The van der Waals surface area contributed by atoms with Crippen LogP contribution in [-0.4, -0.2) is 18.4 Å². The van der Waals surface area contributed by atoms with E-state index in [2.05, 4.69) is 11.8 Å². The van der Waals surface area contributed by atoms with E-state index in [0.29, 0.717) is 17.3 Å². The Morgan fingerprint density at radius 3 is 2.71 bits per heavy atom. The van der Waals surface area contributed by atoms with Crippen molar-refractivity contribution in [3.63, 3.8) is 0 Å². The molecule has 0 heterocycles. The van der Waals surface area contributed by atoms with Crippen LogP contribution in [0.2, 0.25) is 0 Å². The highest BCUT2D eigenvalue weighted by atomic mass is 16.1. The molecule has 3 heteroatoms. The first-order valence-electron chi connectivity index (χ1n) is 6.30. The van der Waals surface area contributed by atoms with Gasteiger partial charge >= 0.3 is 0 Å². The van der Waals surface area contributed by atoms with Gasteiger partial charge in [0.1, 0.15) is 0 Å². The lowest BCUT2D eigenvalue weighted by molar-refractivity contribution is 0.101. The number of anilines is 2. The topological polar surface area (TPSA) is 46.3 Å². The molecule has 0 amide bonds. The number of hydrogen-bond acceptors (Lipinski definition) is 3. The quantitative estimate of drug-likeness (QED) is 0.627. The third kappa shape index (κ3) is 2.60. The van der Waals surface area contributed by atoms with E-state index in [1.165, 1.54) is 12.8 Å². The van der Waals surface area contributed by atoms with Crippen molar-refractivity contribution in [3.8, 4) is 0 Å². The highest BCUT2D eigenvalue weighted by molar-refractivity contribution is 6.00. The van der Waals surface area contributed by atoms with Crippen molar-refractivity contribution in [2.75, 3.05) is 17.2 Å². The van der Waals surface area contributed by atoms with Gasteiger partial charge in [0.25, 0.3) is 0 Å². The molecule has 2 N–H and O–H groups in total. The first kappa shape index (κ1) is 12.0. The highest BCUT2D eigenvalue weighted by Gasteiger charge is 2.28. The fraction of sp³-hybridized carbons (Fsp3) is 0.500. The van der Waals surface area contributed by atoms with Crippen molar-refractivity contribution in [2.45, 2.75) is 39.2 Å². The second kappa shape index (κ2) is 4.78. The molecule has 1 aromatic rings. The van der Waals surface area contributed by atoms with Gasteiger partial charge in [-0.2, -0.15) is 0 Å². The van der Waals surface area contributed by atoms with Crippen LogP contribution in [0.25, 0.3) is 0 Å². The van der Waals surface area contributed by atoms with Crippen LogP contribution in [-0.2, 0) is 0 Å². The number of rotatable bonds is 5. The normalized spacial score (nSPS) is 14.7. The summed E-state index contributed by atoms with van der Waals surface area (Å²) < 4.78 is 0. The number of hydrogen-bond donors (Lipinski definition) is 1. The maximum Gasteiger partial charge on any atom is 0.161 e. The highest BCUT2D eigenvalue weighted by Crippen LogP contribution is 2.33. The molecule has 1 fully saturated rings. The number of nitrogens with two attached hydrogens (primary N) is 1. The molecule has 0 saturated heterocycles. The van der Waals surface area contributed by atoms with Crippen molar-refractivity contribution in [1.29, 1.82) is 0 Å². The summed E-state index contributed by atoms with van der Waals surface area (Å²) in [7, 11) is 0. The van der Waals surface area contributed by atoms with Gasteiger partial charge in [0.15, 0.2) is 5.78 Å². The molecule has 0 radical (unpaired) electrons. The monoisotopic (exact) mass is 232 g/mol. The van der Waals surface area contributed by atoms with Gasteiger partial charge in [-0.1, -0.05) is 6.92 Å². The molecular formula is C14H20N2O. The minimum atomic E-state index is 0.0385. The van der Waals surface area contributed by atoms with Gasteiger partial charge < -0.3 is 10.6 Å². The van der Waals surface area contributed by atoms with Gasteiger partial charge in [0.2, 0.25) is 0 Å². The van der Waals surface area contributed by atoms with Crippen molar-refractivity contribution >= 4 is 17.2 Å². The lowest BCUT2D eigenvalue weighted by atomic mass is 10.1. The van der Waals surface area contributed by atoms with Crippen LogP contribution in [0.4, 0.5) is 11.4 Å². The molecule has 1 aliphatic carbocycles. The molecule has 92 valence electrons. The third-order valence-electron chi connectivity index (χ3n) is 3.20. The van der Waals surface area contributed by atoms with Gasteiger partial charge in [-0.05, 0) is 44.4 Å². The Balaban J connectivity index is 2.30. The smallest absolute Gasteiger partial charge is 0.161 e. The van der Waals surface area contributed by atoms with Crippen LogP contribution >= 0.6 is 0 Å². The zero-order valence-corrected chi connectivity index (χ0v) is 10.6. The first-order valence-corrected chi connectivity index (χ1v) is 6.30. The van der Waals surface area contributed by atoms with Gasteiger partial charge in [-0.3, -0.25) is 4.79 Å². The largest absolute Gasteiger partial charge is 0.398 e. The zero-order valence-electron chi connectivity index (χ0n) is 10.6. The van der Waals surface area contributed by atoms with E-state index in [1.807, 2.05) is 18.2 Å². The lowest BCUT2D eigenvalue weighted by Gasteiger charge is -2.24. The molecule has 0 aliphatic heterocycles. The first-order chi connectivity index (χ1) is 8.13. The number of Topliss-reactive ketones (excluding diaryl/α,β-unsaturated/α-hetero) is 1. The summed E-state index contributed by atoms with van der Waals surface area (Å²) in [5.74, 6) is 0.0385. The summed E-state index contributed by atoms with van der Waals surface area (Å²) >= 11 is 0. The Bertz CT molecular complexity index is 424. The molecule has 1 aromatic carbocycles.